The molecule has 0 fully saturated rings. The maximum absolute atomic E-state index is 0. The van der Waals surface area contributed by atoms with E-state index in [2.05, 4.69) is 0 Å². The first kappa shape index (κ1) is 69.3. The summed E-state index contributed by atoms with van der Waals surface area (Å²) in [7, 11) is 0. The second kappa shape index (κ2) is 40.6. The minimum Gasteiger partial charge on any atom is -0.0776 e. The van der Waals surface area contributed by atoms with Gasteiger partial charge in [-0.25, -0.2) is 0 Å². The normalized spacial score (nSPS) is 0. The fourth-order valence-electron chi connectivity index (χ4n) is 0. The van der Waals surface area contributed by atoms with Crippen molar-refractivity contribution in [2.24, 2.45) is 0 Å². The van der Waals surface area contributed by atoms with Crippen LogP contribution < -0.4 is 0 Å². The molecule has 4 heteroatoms. The Balaban J connectivity index is 0. The van der Waals surface area contributed by atoms with Crippen LogP contribution in [0.25, 0.3) is 0 Å². The summed E-state index contributed by atoms with van der Waals surface area (Å²) in [4.78, 5) is 0. The minimum atomic E-state index is 0. The number of hydrogen-bond donors (Lipinski definition) is 0. The fourth-order valence-corrected chi connectivity index (χ4v) is 0. The Hall–Kier alpha value is 1.83. The van der Waals surface area contributed by atoms with Crippen LogP contribution in [0.15, 0.2) is 0 Å². The summed E-state index contributed by atoms with van der Waals surface area (Å²) in [5.74, 6) is 0. The molecule has 0 radical (unpaired) electrons. The molecule has 0 saturated carbocycles. The molecular weight excluding hydrogens is 154 g/mol. The molecule has 0 unspecified atom stereocenters. The summed E-state index contributed by atoms with van der Waals surface area (Å²) in [6.07, 6.45) is 0. The van der Waals surface area contributed by atoms with Gasteiger partial charge in [0.15, 0.2) is 17.4 Å². The Morgan fingerprint density at radius 2 is 1.00 bits per heavy atom. The van der Waals surface area contributed by atoms with E-state index < -0.39 is 0 Å². The molecule has 0 N–H and O–H groups in total. The van der Waals surface area contributed by atoms with Gasteiger partial charge in [-0.15, -0.1) is 0 Å². The summed E-state index contributed by atoms with van der Waals surface area (Å²) >= 11 is 0. The molecule has 0 aromatic rings. The molecule has 5 heavy (non-hydrogen) atoms. The summed E-state index contributed by atoms with van der Waals surface area (Å²) in [5.41, 5.74) is 0. The van der Waals surface area contributed by atoms with E-state index in [4.69, 9.17) is 0 Å². The Bertz CT molecular complexity index is 11.6. The van der Waals surface area contributed by atoms with Crippen LogP contribution >= 0.6 is 0 Å². The fraction of sp³-hybridized carbons (Fsp3) is 1.00. The van der Waals surface area contributed by atoms with Crippen LogP contribution in [0.5, 0.6) is 0 Å². The largest absolute Gasteiger partial charge is 0.187 e. The molecule has 0 aromatic heterocycles. The van der Waals surface area contributed by atoms with E-state index in [0.717, 1.165) is 0 Å². The van der Waals surface area contributed by atoms with Gasteiger partial charge in [-0.3, -0.25) is 0 Å². The zero-order chi connectivity index (χ0) is 0. The van der Waals surface area contributed by atoms with Crippen molar-refractivity contribution in [3.8, 4) is 0 Å². The van der Waals surface area contributed by atoms with E-state index in [9.17, 15) is 0 Å². The third-order valence-corrected chi connectivity index (χ3v) is 0. The third kappa shape index (κ3) is 25.5. The van der Waals surface area contributed by atoms with Crippen molar-refractivity contribution in [3.05, 3.63) is 0 Å². The Kier molecular flexibility index (Phi) is 562. The summed E-state index contributed by atoms with van der Waals surface area (Å²) in [5, 5.41) is 0. The topological polar surface area (TPSA) is 0 Å². The van der Waals surface area contributed by atoms with Crippen molar-refractivity contribution in [2.75, 3.05) is 0 Å². The van der Waals surface area contributed by atoms with E-state index in [0.29, 0.717) is 0 Å². The molecule has 0 aliphatic rings. The molecule has 0 rings (SSSR count). The molecule has 0 nitrogen and oxygen atoms in total. The predicted molar refractivity (Wildman–Crippen MR) is 26.6 cm³/mol. The summed E-state index contributed by atoms with van der Waals surface area (Å²) in [6, 6.07) is 0. The van der Waals surface area contributed by atoms with Gasteiger partial charge < -0.3 is 0 Å². The molecule has 0 aromatic carbocycles. The van der Waals surface area contributed by atoms with Crippen LogP contribution in [-0.2, 0) is 38.8 Å². The molecule has 0 amide bonds. The molecule has 0 aliphatic heterocycles. The van der Waals surface area contributed by atoms with E-state index in [-0.39, 0.29) is 72.0 Å². The van der Waals surface area contributed by atoms with Crippen LogP contribution in [0.3, 0.4) is 0 Å². The monoisotopic (exact) mass is 164 g/mol. The first-order chi connectivity index (χ1) is 0. The van der Waals surface area contributed by atoms with Gasteiger partial charge in [0.1, 0.15) is 0 Å². The number of hydrogen-bond acceptors (Lipinski definition) is 0. The van der Waals surface area contributed by atoms with Crippen LogP contribution in [0.1, 0.15) is 7.43 Å². The maximum atomic E-state index is 0. The van der Waals surface area contributed by atoms with Gasteiger partial charge in [0.2, 0.25) is 0 Å². The van der Waals surface area contributed by atoms with Crippen molar-refractivity contribution < 1.29 is 38.8 Å². The van der Waals surface area contributed by atoms with Gasteiger partial charge >= 0.3 is 0 Å². The first-order valence-electron chi connectivity index (χ1n) is 0. The SMILES string of the molecule is B.C.[AlH3].[Fe].[Ti]. The predicted octanol–water partition coefficient (Wildman–Crippen LogP) is -1.74. The molecule has 32 valence electrons. The van der Waals surface area contributed by atoms with Gasteiger partial charge in [0.25, 0.3) is 0 Å². The van der Waals surface area contributed by atoms with Gasteiger partial charge in [0.05, 0.1) is 8.41 Å². The van der Waals surface area contributed by atoms with Crippen LogP contribution in [0.2, 0.25) is 0 Å². The molecule has 0 heterocycles. The number of rotatable bonds is 0. The molecule has 0 spiro atoms. The Labute approximate surface area is 71.5 Å². The Morgan fingerprint density at radius 1 is 1.00 bits per heavy atom. The van der Waals surface area contributed by atoms with Gasteiger partial charge in [-0.1, -0.05) is 7.43 Å². The third-order valence-electron chi connectivity index (χ3n) is 0. The molecule has 0 bridgehead atoms. The molecule has 0 atom stereocenters. The summed E-state index contributed by atoms with van der Waals surface area (Å²) in [6.45, 7) is 0. The maximum Gasteiger partial charge on any atom is 0.187 e. The smallest absolute Gasteiger partial charge is 0.0776 e. The first-order valence-corrected chi connectivity index (χ1v) is 0. The van der Waals surface area contributed by atoms with Crippen LogP contribution in [0, 0.1) is 0 Å². The minimum absolute atomic E-state index is 0. The van der Waals surface area contributed by atoms with Crippen molar-refractivity contribution in [3.63, 3.8) is 0 Å². The zero-order valence-electron chi connectivity index (χ0n) is 0.854. The van der Waals surface area contributed by atoms with Crippen molar-refractivity contribution >= 4 is 25.8 Å². The average molecular weight is 164 g/mol. The van der Waals surface area contributed by atoms with Crippen molar-refractivity contribution in [1.29, 1.82) is 0 Å². The van der Waals surface area contributed by atoms with Crippen molar-refractivity contribution in [2.45, 2.75) is 7.43 Å². The molecular formula is CH10AlBFeTi. The van der Waals surface area contributed by atoms with E-state index in [1.54, 1.807) is 0 Å². The van der Waals surface area contributed by atoms with Crippen LogP contribution in [-0.4, -0.2) is 25.8 Å². The van der Waals surface area contributed by atoms with E-state index in [1.807, 2.05) is 0 Å². The second-order valence-electron chi connectivity index (χ2n) is 0. The molecule has 0 aliphatic carbocycles. The zero-order valence-corrected chi connectivity index (χ0v) is 3.52. The van der Waals surface area contributed by atoms with E-state index >= 15 is 0 Å². The van der Waals surface area contributed by atoms with Crippen LogP contribution in [0.4, 0.5) is 0 Å². The van der Waals surface area contributed by atoms with Crippen molar-refractivity contribution in [1.82, 2.24) is 0 Å². The second-order valence-corrected chi connectivity index (χ2v) is 0. The quantitative estimate of drug-likeness (QED) is 0.372. The summed E-state index contributed by atoms with van der Waals surface area (Å²) < 4.78 is 0. The Morgan fingerprint density at radius 3 is 1.00 bits per heavy atom. The molecule has 0 saturated heterocycles. The van der Waals surface area contributed by atoms with E-state index in [1.165, 1.54) is 0 Å². The standard InChI is InChI=1S/CH4.Al.BH3.Fe.Ti.3H/h1H4;;1H3;;;;;. The average Bonchev–Trinajstić information content (AvgIpc) is 0. The van der Waals surface area contributed by atoms with Gasteiger partial charge in [0, 0.05) is 38.8 Å². The van der Waals surface area contributed by atoms with Gasteiger partial charge in [-0.05, 0) is 0 Å². The van der Waals surface area contributed by atoms with Gasteiger partial charge in [-0.2, -0.15) is 0 Å².